The molecule has 0 amide bonds. The summed E-state index contributed by atoms with van der Waals surface area (Å²) in [6.45, 7) is 8.92. The average Bonchev–Trinajstić information content (AvgIpc) is 2.14. The van der Waals surface area contributed by atoms with Crippen LogP contribution in [-0.2, 0) is 0 Å². The lowest BCUT2D eigenvalue weighted by molar-refractivity contribution is 0.0621. The highest BCUT2D eigenvalue weighted by Gasteiger charge is 2.23. The van der Waals surface area contributed by atoms with Crippen molar-refractivity contribution in [3.8, 4) is 0 Å². The molecule has 1 unspecified atom stereocenters. The van der Waals surface area contributed by atoms with Gasteiger partial charge in [-0.25, -0.2) is 0 Å². The zero-order chi connectivity index (χ0) is 12.8. The van der Waals surface area contributed by atoms with Crippen molar-refractivity contribution >= 4 is 0 Å². The Morgan fingerprint density at radius 1 is 1.06 bits per heavy atom. The van der Waals surface area contributed by atoms with Crippen LogP contribution < -0.4 is 5.32 Å². The number of hydrogen-bond donors (Lipinski definition) is 4. The molecule has 4 heteroatoms. The molecule has 16 heavy (non-hydrogen) atoms. The molecule has 0 aliphatic rings. The number of rotatable bonds is 7. The third-order valence-corrected chi connectivity index (χ3v) is 2.54. The van der Waals surface area contributed by atoms with Crippen LogP contribution in [0.5, 0.6) is 0 Å². The smallest absolute Gasteiger partial charge is 0.0669 e. The van der Waals surface area contributed by atoms with E-state index in [-0.39, 0.29) is 24.7 Å². The van der Waals surface area contributed by atoms with Gasteiger partial charge in [0.15, 0.2) is 0 Å². The van der Waals surface area contributed by atoms with Gasteiger partial charge in [-0.2, -0.15) is 0 Å². The second-order valence-corrected chi connectivity index (χ2v) is 6.18. The van der Waals surface area contributed by atoms with Crippen LogP contribution in [0, 0.1) is 10.8 Å². The number of nitrogens with one attached hydrogen (secondary N) is 1. The fraction of sp³-hybridized carbons (Fsp3) is 1.00. The molecule has 0 aromatic rings. The second kappa shape index (κ2) is 6.55. The van der Waals surface area contributed by atoms with Gasteiger partial charge >= 0.3 is 0 Å². The predicted octanol–water partition coefficient (Wildman–Crippen LogP) is 0.364. The molecule has 0 heterocycles. The molecule has 0 bridgehead atoms. The van der Waals surface area contributed by atoms with Gasteiger partial charge in [0.1, 0.15) is 0 Å². The molecule has 4 nitrogen and oxygen atoms in total. The van der Waals surface area contributed by atoms with Crippen molar-refractivity contribution in [2.45, 2.75) is 40.2 Å². The quantitative estimate of drug-likeness (QED) is 0.512. The van der Waals surface area contributed by atoms with E-state index in [2.05, 4.69) is 26.1 Å². The van der Waals surface area contributed by atoms with E-state index in [9.17, 15) is 5.11 Å². The summed E-state index contributed by atoms with van der Waals surface area (Å²) in [4.78, 5) is 0. The van der Waals surface area contributed by atoms with Crippen LogP contribution in [-0.4, -0.2) is 47.7 Å². The summed E-state index contributed by atoms with van der Waals surface area (Å²) in [5.41, 5.74) is -0.403. The van der Waals surface area contributed by atoms with Crippen molar-refractivity contribution in [2.75, 3.05) is 26.3 Å². The summed E-state index contributed by atoms with van der Waals surface area (Å²) in [6.07, 6.45) is 0.344. The number of aliphatic hydroxyl groups excluding tert-OH is 3. The maximum atomic E-state index is 9.74. The Hall–Kier alpha value is -0.160. The average molecular weight is 233 g/mol. The van der Waals surface area contributed by atoms with Gasteiger partial charge in [-0.15, -0.1) is 0 Å². The number of aliphatic hydroxyl groups is 3. The summed E-state index contributed by atoms with van der Waals surface area (Å²) in [6, 6.07) is 0. The van der Waals surface area contributed by atoms with E-state index >= 15 is 0 Å². The van der Waals surface area contributed by atoms with Crippen LogP contribution in [0.2, 0.25) is 0 Å². The lowest BCUT2D eigenvalue weighted by atomic mass is 9.89. The maximum absolute atomic E-state index is 9.74. The van der Waals surface area contributed by atoms with Gasteiger partial charge in [-0.05, 0) is 11.8 Å². The monoisotopic (exact) mass is 233 g/mol. The summed E-state index contributed by atoms with van der Waals surface area (Å²) in [7, 11) is 0. The topological polar surface area (TPSA) is 72.7 Å². The highest BCUT2D eigenvalue weighted by molar-refractivity contribution is 4.77. The van der Waals surface area contributed by atoms with Gasteiger partial charge in [0.05, 0.1) is 19.3 Å². The van der Waals surface area contributed by atoms with Crippen LogP contribution in [0.4, 0.5) is 0 Å². The van der Waals surface area contributed by atoms with Crippen molar-refractivity contribution < 1.29 is 15.3 Å². The van der Waals surface area contributed by atoms with E-state index in [1.807, 2.05) is 0 Å². The number of hydrogen-bond acceptors (Lipinski definition) is 4. The molecular formula is C12H27NO3. The molecule has 0 spiro atoms. The fourth-order valence-corrected chi connectivity index (χ4v) is 1.48. The molecule has 0 aromatic heterocycles. The van der Waals surface area contributed by atoms with Gasteiger partial charge in [-0.3, -0.25) is 0 Å². The van der Waals surface area contributed by atoms with E-state index in [1.54, 1.807) is 6.92 Å². The Bertz CT molecular complexity index is 185. The molecule has 0 radical (unpaired) electrons. The minimum atomic E-state index is -0.512. The first-order chi connectivity index (χ1) is 7.22. The first-order valence-electron chi connectivity index (χ1n) is 5.83. The zero-order valence-electron chi connectivity index (χ0n) is 11.0. The molecule has 0 aliphatic carbocycles. The summed E-state index contributed by atoms with van der Waals surface area (Å²) in [5, 5.41) is 31.0. The van der Waals surface area contributed by atoms with E-state index in [4.69, 9.17) is 10.2 Å². The lowest BCUT2D eigenvalue weighted by Gasteiger charge is -2.27. The largest absolute Gasteiger partial charge is 0.396 e. The molecule has 0 aliphatic heterocycles. The van der Waals surface area contributed by atoms with Gasteiger partial charge in [0.25, 0.3) is 0 Å². The Labute approximate surface area is 98.7 Å². The van der Waals surface area contributed by atoms with E-state index in [0.717, 1.165) is 6.42 Å². The first kappa shape index (κ1) is 15.8. The summed E-state index contributed by atoms with van der Waals surface area (Å²) < 4.78 is 0. The molecule has 0 rings (SSSR count). The SMILES string of the molecule is CC(C)(C)CC(O)CNCC(C)(CO)CO. The van der Waals surface area contributed by atoms with Crippen molar-refractivity contribution in [1.82, 2.24) is 5.32 Å². The van der Waals surface area contributed by atoms with Gasteiger partial charge in [0, 0.05) is 18.5 Å². The normalized spacial score (nSPS) is 15.2. The van der Waals surface area contributed by atoms with Crippen molar-refractivity contribution in [1.29, 1.82) is 0 Å². The minimum Gasteiger partial charge on any atom is -0.396 e. The van der Waals surface area contributed by atoms with Crippen LogP contribution in [0.1, 0.15) is 34.1 Å². The van der Waals surface area contributed by atoms with Crippen LogP contribution in [0.25, 0.3) is 0 Å². The van der Waals surface area contributed by atoms with Crippen molar-refractivity contribution in [3.05, 3.63) is 0 Å². The van der Waals surface area contributed by atoms with Gasteiger partial charge in [-0.1, -0.05) is 27.7 Å². The highest BCUT2D eigenvalue weighted by atomic mass is 16.3. The molecule has 0 aromatic carbocycles. The molecule has 0 fully saturated rings. The maximum Gasteiger partial charge on any atom is 0.0669 e. The Morgan fingerprint density at radius 3 is 1.94 bits per heavy atom. The molecule has 98 valence electrons. The zero-order valence-corrected chi connectivity index (χ0v) is 11.0. The van der Waals surface area contributed by atoms with Crippen molar-refractivity contribution in [3.63, 3.8) is 0 Å². The second-order valence-electron chi connectivity index (χ2n) is 6.18. The molecular weight excluding hydrogens is 206 g/mol. The van der Waals surface area contributed by atoms with Gasteiger partial charge in [0.2, 0.25) is 0 Å². The third kappa shape index (κ3) is 7.17. The summed E-state index contributed by atoms with van der Waals surface area (Å²) >= 11 is 0. The molecule has 0 saturated carbocycles. The van der Waals surface area contributed by atoms with E-state index < -0.39 is 5.41 Å². The van der Waals surface area contributed by atoms with Gasteiger partial charge < -0.3 is 20.6 Å². The van der Waals surface area contributed by atoms with Crippen LogP contribution in [0.3, 0.4) is 0 Å². The Kier molecular flexibility index (Phi) is 6.48. The fourth-order valence-electron chi connectivity index (χ4n) is 1.48. The standard InChI is InChI=1S/C12H27NO3/c1-11(2,3)5-10(16)6-13-7-12(4,8-14)9-15/h10,13-16H,5-9H2,1-4H3. The van der Waals surface area contributed by atoms with E-state index in [1.165, 1.54) is 0 Å². The van der Waals surface area contributed by atoms with Crippen LogP contribution in [0.15, 0.2) is 0 Å². The minimum absolute atomic E-state index is 0.0636. The predicted molar refractivity (Wildman–Crippen MR) is 65.2 cm³/mol. The third-order valence-electron chi connectivity index (χ3n) is 2.54. The highest BCUT2D eigenvalue weighted by Crippen LogP contribution is 2.20. The van der Waals surface area contributed by atoms with Crippen molar-refractivity contribution in [2.24, 2.45) is 10.8 Å². The summed E-state index contributed by atoms with van der Waals surface area (Å²) in [5.74, 6) is 0. The van der Waals surface area contributed by atoms with Crippen LogP contribution >= 0.6 is 0 Å². The Balaban J connectivity index is 3.81. The molecule has 4 N–H and O–H groups in total. The Morgan fingerprint density at radius 2 is 1.56 bits per heavy atom. The molecule has 1 atom stereocenters. The van der Waals surface area contributed by atoms with E-state index in [0.29, 0.717) is 13.1 Å². The molecule has 0 saturated heterocycles. The lowest BCUT2D eigenvalue weighted by Crippen LogP contribution is -2.41. The first-order valence-corrected chi connectivity index (χ1v) is 5.83.